The highest BCUT2D eigenvalue weighted by molar-refractivity contribution is 6.00. The Balaban J connectivity index is 1.71. The molecule has 0 saturated heterocycles. The molecular formula is C23H26N2O4. The summed E-state index contributed by atoms with van der Waals surface area (Å²) in [7, 11) is 1.53. The van der Waals surface area contributed by atoms with Gasteiger partial charge in [0.15, 0.2) is 6.29 Å². The molecule has 1 amide bonds. The minimum Gasteiger partial charge on any atom is -0.496 e. The molecule has 0 radical (unpaired) electrons. The van der Waals surface area contributed by atoms with Crippen molar-refractivity contribution in [3.8, 4) is 5.75 Å². The molecule has 3 rings (SSSR count). The first-order chi connectivity index (χ1) is 14.0. The van der Waals surface area contributed by atoms with Crippen LogP contribution in [0.2, 0.25) is 0 Å². The van der Waals surface area contributed by atoms with E-state index in [1.807, 2.05) is 30.3 Å². The second-order valence-corrected chi connectivity index (χ2v) is 7.51. The molecule has 1 N–H and O–H groups in total. The normalized spacial score (nSPS) is 13.4. The summed E-state index contributed by atoms with van der Waals surface area (Å²) in [6.45, 7) is 4.41. The highest BCUT2D eigenvalue weighted by Gasteiger charge is 2.26. The second-order valence-electron chi connectivity index (χ2n) is 7.51. The molecule has 6 heteroatoms. The van der Waals surface area contributed by atoms with Gasteiger partial charge in [0.2, 0.25) is 0 Å². The number of benzene rings is 2. The minimum atomic E-state index is -0.468. The summed E-state index contributed by atoms with van der Waals surface area (Å²) < 4.78 is 10.6. The molecule has 29 heavy (non-hydrogen) atoms. The summed E-state index contributed by atoms with van der Waals surface area (Å²) in [5.41, 5.74) is 4.02. The number of methoxy groups -OCH3 is 1. The highest BCUT2D eigenvalue weighted by Crippen LogP contribution is 2.34. The molecule has 0 aromatic heterocycles. The van der Waals surface area contributed by atoms with E-state index in [1.54, 1.807) is 12.1 Å². The van der Waals surface area contributed by atoms with Gasteiger partial charge >= 0.3 is 6.09 Å². The maximum Gasteiger partial charge on any atom is 0.407 e. The first kappa shape index (κ1) is 20.6. The van der Waals surface area contributed by atoms with Crippen LogP contribution >= 0.6 is 0 Å². The molecule has 2 aromatic rings. The number of rotatable bonds is 8. The van der Waals surface area contributed by atoms with Crippen molar-refractivity contribution in [1.82, 2.24) is 5.32 Å². The molecule has 6 nitrogen and oxygen atoms in total. The van der Waals surface area contributed by atoms with Crippen LogP contribution in [0.1, 0.15) is 41.8 Å². The Bertz CT molecular complexity index is 907. The van der Waals surface area contributed by atoms with Crippen molar-refractivity contribution >= 4 is 23.8 Å². The maximum absolute atomic E-state index is 12.4. The molecule has 152 valence electrons. The van der Waals surface area contributed by atoms with Crippen LogP contribution in [0.5, 0.6) is 5.75 Å². The van der Waals surface area contributed by atoms with Crippen LogP contribution in [0.4, 0.5) is 10.5 Å². The standard InChI is InChI=1S/C23H26N2O4/c1-15(2)9-20(25-23(27)29-14-16-7-5-4-6-8-16)21-11-17-10-18(13-26)22(28-3)12-19(17)24-21/h4-8,10,12-13,15,20H,9,11,14H2,1-3H3,(H,25,27)/t20-/m1/s1. The van der Waals surface area contributed by atoms with Gasteiger partial charge in [0, 0.05) is 18.2 Å². The molecule has 1 atom stereocenters. The van der Waals surface area contributed by atoms with E-state index < -0.39 is 6.09 Å². The summed E-state index contributed by atoms with van der Waals surface area (Å²) in [6, 6.07) is 12.9. The number of hydrogen-bond donors (Lipinski definition) is 1. The van der Waals surface area contributed by atoms with E-state index in [4.69, 9.17) is 14.5 Å². The van der Waals surface area contributed by atoms with Crippen LogP contribution in [-0.4, -0.2) is 31.2 Å². The number of alkyl carbamates (subject to hydrolysis) is 1. The number of carbonyl (C=O) groups is 2. The van der Waals surface area contributed by atoms with Gasteiger partial charge in [-0.25, -0.2) is 4.79 Å². The third kappa shape index (κ3) is 5.22. The minimum absolute atomic E-state index is 0.216. The van der Waals surface area contributed by atoms with Crippen molar-refractivity contribution in [2.24, 2.45) is 10.9 Å². The number of fused-ring (bicyclic) bond motifs is 1. The molecule has 0 aliphatic carbocycles. The fraction of sp³-hybridized carbons (Fsp3) is 0.348. The van der Waals surface area contributed by atoms with E-state index in [0.29, 0.717) is 23.7 Å². The molecule has 0 fully saturated rings. The van der Waals surface area contributed by atoms with Gasteiger partial charge in [0.25, 0.3) is 0 Å². The number of nitrogens with one attached hydrogen (secondary N) is 1. The summed E-state index contributed by atoms with van der Waals surface area (Å²) in [5.74, 6) is 0.861. The van der Waals surface area contributed by atoms with Gasteiger partial charge in [-0.1, -0.05) is 44.2 Å². The summed E-state index contributed by atoms with van der Waals surface area (Å²) >= 11 is 0. The zero-order chi connectivity index (χ0) is 20.8. The molecule has 2 aromatic carbocycles. The van der Waals surface area contributed by atoms with Gasteiger partial charge in [-0.2, -0.15) is 0 Å². The molecule has 1 aliphatic heterocycles. The zero-order valence-corrected chi connectivity index (χ0v) is 17.0. The van der Waals surface area contributed by atoms with E-state index in [9.17, 15) is 9.59 Å². The number of aldehydes is 1. The third-order valence-corrected chi connectivity index (χ3v) is 4.81. The van der Waals surface area contributed by atoms with Crippen LogP contribution in [0, 0.1) is 5.92 Å². The lowest BCUT2D eigenvalue weighted by Gasteiger charge is -2.20. The summed E-state index contributed by atoms with van der Waals surface area (Å²) in [6.07, 6.45) is 1.63. The predicted molar refractivity (Wildman–Crippen MR) is 112 cm³/mol. The van der Waals surface area contributed by atoms with Gasteiger partial charge in [-0.3, -0.25) is 9.79 Å². The van der Waals surface area contributed by atoms with Crippen LogP contribution in [0.15, 0.2) is 47.5 Å². The lowest BCUT2D eigenvalue weighted by atomic mass is 9.96. The highest BCUT2D eigenvalue weighted by atomic mass is 16.5. The number of aliphatic imine (C=N–C) groups is 1. The summed E-state index contributed by atoms with van der Waals surface area (Å²) in [4.78, 5) is 28.4. The van der Waals surface area contributed by atoms with Crippen molar-refractivity contribution in [2.75, 3.05) is 7.11 Å². The van der Waals surface area contributed by atoms with Crippen molar-refractivity contribution in [2.45, 2.75) is 39.3 Å². The maximum atomic E-state index is 12.4. The Kier molecular flexibility index (Phi) is 6.65. The zero-order valence-electron chi connectivity index (χ0n) is 17.0. The van der Waals surface area contributed by atoms with E-state index in [1.165, 1.54) is 7.11 Å². The lowest BCUT2D eigenvalue weighted by Crippen LogP contribution is -2.42. The van der Waals surface area contributed by atoms with E-state index in [0.717, 1.165) is 35.2 Å². The van der Waals surface area contributed by atoms with Crippen LogP contribution in [0.25, 0.3) is 0 Å². The monoisotopic (exact) mass is 394 g/mol. The van der Waals surface area contributed by atoms with E-state index >= 15 is 0 Å². The van der Waals surface area contributed by atoms with E-state index in [2.05, 4.69) is 19.2 Å². The molecule has 1 aliphatic rings. The van der Waals surface area contributed by atoms with Crippen molar-refractivity contribution < 1.29 is 19.1 Å². The first-order valence-electron chi connectivity index (χ1n) is 9.71. The van der Waals surface area contributed by atoms with Crippen molar-refractivity contribution in [3.05, 3.63) is 59.2 Å². The molecular weight excluding hydrogens is 368 g/mol. The fourth-order valence-corrected chi connectivity index (χ4v) is 3.39. The average molecular weight is 394 g/mol. The Morgan fingerprint density at radius 2 is 2.00 bits per heavy atom. The predicted octanol–water partition coefficient (Wildman–Crippen LogP) is 4.48. The van der Waals surface area contributed by atoms with Crippen LogP contribution in [-0.2, 0) is 17.8 Å². The van der Waals surface area contributed by atoms with Gasteiger partial charge in [0.05, 0.1) is 24.4 Å². The Hall–Kier alpha value is -3.15. The number of ether oxygens (including phenoxy) is 2. The molecule has 0 spiro atoms. The molecule has 0 saturated carbocycles. The van der Waals surface area contributed by atoms with Gasteiger partial charge in [-0.05, 0) is 29.5 Å². The number of nitrogens with zero attached hydrogens (tertiary/aromatic N) is 1. The number of carbonyl (C=O) groups excluding carboxylic acids is 2. The van der Waals surface area contributed by atoms with Crippen LogP contribution < -0.4 is 10.1 Å². The smallest absolute Gasteiger partial charge is 0.407 e. The third-order valence-electron chi connectivity index (χ3n) is 4.81. The first-order valence-corrected chi connectivity index (χ1v) is 9.71. The SMILES string of the molecule is COc1cc2c(cc1C=O)CC([C@@H](CC(C)C)NC(=O)OCc1ccccc1)=N2. The van der Waals surface area contributed by atoms with Crippen molar-refractivity contribution in [3.63, 3.8) is 0 Å². The quantitative estimate of drug-likeness (QED) is 0.670. The number of amides is 1. The van der Waals surface area contributed by atoms with Crippen LogP contribution in [0.3, 0.4) is 0 Å². The molecule has 1 heterocycles. The van der Waals surface area contributed by atoms with Gasteiger partial charge in [0.1, 0.15) is 12.4 Å². The molecule has 0 unspecified atom stereocenters. The topological polar surface area (TPSA) is 77.0 Å². The van der Waals surface area contributed by atoms with Gasteiger partial charge < -0.3 is 14.8 Å². The Morgan fingerprint density at radius 3 is 2.66 bits per heavy atom. The van der Waals surface area contributed by atoms with Crippen molar-refractivity contribution in [1.29, 1.82) is 0 Å². The summed E-state index contributed by atoms with van der Waals surface area (Å²) in [5, 5.41) is 2.96. The van der Waals surface area contributed by atoms with E-state index in [-0.39, 0.29) is 12.6 Å². The average Bonchev–Trinajstić information content (AvgIpc) is 3.14. The fourth-order valence-electron chi connectivity index (χ4n) is 3.39. The number of hydrogen-bond acceptors (Lipinski definition) is 5. The largest absolute Gasteiger partial charge is 0.496 e. The Labute approximate surface area is 170 Å². The Morgan fingerprint density at radius 1 is 1.24 bits per heavy atom. The lowest BCUT2D eigenvalue weighted by molar-refractivity contribution is 0.112. The second kappa shape index (κ2) is 9.37. The van der Waals surface area contributed by atoms with Gasteiger partial charge in [-0.15, -0.1) is 0 Å². The molecule has 0 bridgehead atoms.